The zero-order valence-corrected chi connectivity index (χ0v) is 24.3. The molecule has 0 N–H and O–H groups in total. The highest BCUT2D eigenvalue weighted by Gasteiger charge is 2.02. The van der Waals surface area contributed by atoms with E-state index >= 15 is 0 Å². The van der Waals surface area contributed by atoms with E-state index < -0.39 is 0 Å². The first-order valence-electron chi connectivity index (χ1n) is 16.1. The molecule has 0 spiro atoms. The lowest BCUT2D eigenvalue weighted by Gasteiger charge is -2.05. The maximum atomic E-state index is 11.9. The van der Waals surface area contributed by atoms with Gasteiger partial charge in [-0.15, -0.1) is 0 Å². The molecule has 0 atom stereocenters. The molecule has 0 saturated carbocycles. The molecule has 0 rings (SSSR count). The summed E-state index contributed by atoms with van der Waals surface area (Å²) in [5.74, 6) is 0.0152. The molecule has 0 aliphatic rings. The van der Waals surface area contributed by atoms with Crippen LogP contribution in [0.2, 0.25) is 0 Å². The summed E-state index contributed by atoms with van der Waals surface area (Å²) < 4.78 is 5.41. The average Bonchev–Trinajstić information content (AvgIpc) is 2.86. The molecule has 208 valence electrons. The lowest BCUT2D eigenvalue weighted by molar-refractivity contribution is -0.143. The summed E-state index contributed by atoms with van der Waals surface area (Å²) in [6.45, 7) is 5.18. The van der Waals surface area contributed by atoms with E-state index in [0.29, 0.717) is 13.0 Å². The van der Waals surface area contributed by atoms with Crippen LogP contribution in [0.5, 0.6) is 0 Å². The SMILES string of the molecule is CCCCCC/C=C\CCCCCCCC(=O)OCCCCCCCCCCCCCCCCC. The van der Waals surface area contributed by atoms with Crippen LogP contribution in [0, 0.1) is 0 Å². The van der Waals surface area contributed by atoms with Gasteiger partial charge >= 0.3 is 5.97 Å². The third-order valence-electron chi connectivity index (χ3n) is 7.15. The molecular weight excluding hydrogens is 428 g/mol. The summed E-state index contributed by atoms with van der Waals surface area (Å²) in [5.41, 5.74) is 0. The fraction of sp³-hybridized carbons (Fsp3) is 0.909. The fourth-order valence-corrected chi connectivity index (χ4v) is 4.72. The van der Waals surface area contributed by atoms with Crippen LogP contribution in [0.25, 0.3) is 0 Å². The second-order valence-corrected chi connectivity index (χ2v) is 10.8. The molecule has 0 saturated heterocycles. The van der Waals surface area contributed by atoms with Crippen LogP contribution in [0.15, 0.2) is 12.2 Å². The number of rotatable bonds is 29. The Labute approximate surface area is 221 Å². The van der Waals surface area contributed by atoms with Crippen molar-refractivity contribution in [2.24, 2.45) is 0 Å². The van der Waals surface area contributed by atoms with Gasteiger partial charge in [0.2, 0.25) is 0 Å². The van der Waals surface area contributed by atoms with Crippen molar-refractivity contribution in [3.63, 3.8) is 0 Å². The van der Waals surface area contributed by atoms with Gasteiger partial charge in [0.15, 0.2) is 0 Å². The number of carbonyl (C=O) groups is 1. The maximum Gasteiger partial charge on any atom is 0.305 e. The number of hydrogen-bond donors (Lipinski definition) is 0. The smallest absolute Gasteiger partial charge is 0.305 e. The molecule has 0 aromatic heterocycles. The largest absolute Gasteiger partial charge is 0.466 e. The number of allylic oxidation sites excluding steroid dienone is 2. The van der Waals surface area contributed by atoms with Gasteiger partial charge in [0.1, 0.15) is 0 Å². The van der Waals surface area contributed by atoms with Gasteiger partial charge in [0.25, 0.3) is 0 Å². The van der Waals surface area contributed by atoms with E-state index in [0.717, 1.165) is 19.3 Å². The Morgan fingerprint density at radius 3 is 1.26 bits per heavy atom. The summed E-state index contributed by atoms with van der Waals surface area (Å²) in [6, 6.07) is 0. The molecule has 0 aromatic rings. The molecule has 0 aliphatic carbocycles. The predicted octanol–water partition coefficient (Wildman–Crippen LogP) is 11.7. The Bertz CT molecular complexity index is 429. The molecule has 0 unspecified atom stereocenters. The topological polar surface area (TPSA) is 26.3 Å². The molecule has 0 fully saturated rings. The Balaban J connectivity index is 3.18. The van der Waals surface area contributed by atoms with Crippen LogP contribution >= 0.6 is 0 Å². The number of esters is 1. The summed E-state index contributed by atoms with van der Waals surface area (Å²) in [7, 11) is 0. The minimum Gasteiger partial charge on any atom is -0.466 e. The maximum absolute atomic E-state index is 11.9. The van der Waals surface area contributed by atoms with Gasteiger partial charge in [-0.2, -0.15) is 0 Å². The standard InChI is InChI=1S/C33H64O2/c1-3-5-7-9-11-13-15-17-18-20-22-24-26-28-30-32-35-33(34)31-29-27-25-23-21-19-16-14-12-10-8-6-4-2/h14,16H,3-13,15,17-32H2,1-2H3/b16-14-. The van der Waals surface area contributed by atoms with E-state index in [2.05, 4.69) is 26.0 Å². The van der Waals surface area contributed by atoms with Gasteiger partial charge in [-0.05, 0) is 38.5 Å². The van der Waals surface area contributed by atoms with Gasteiger partial charge in [0, 0.05) is 6.42 Å². The molecule has 0 heterocycles. The van der Waals surface area contributed by atoms with Crippen molar-refractivity contribution in [1.82, 2.24) is 0 Å². The number of ether oxygens (including phenoxy) is 1. The van der Waals surface area contributed by atoms with Gasteiger partial charge in [-0.25, -0.2) is 0 Å². The summed E-state index contributed by atoms with van der Waals surface area (Å²) in [6.07, 6.45) is 39.7. The zero-order valence-electron chi connectivity index (χ0n) is 24.3. The van der Waals surface area contributed by atoms with Gasteiger partial charge in [-0.1, -0.05) is 154 Å². The Morgan fingerprint density at radius 1 is 0.457 bits per heavy atom. The van der Waals surface area contributed by atoms with E-state index in [4.69, 9.17) is 4.74 Å². The molecule has 0 radical (unpaired) electrons. The van der Waals surface area contributed by atoms with Crippen LogP contribution in [-0.2, 0) is 9.53 Å². The zero-order chi connectivity index (χ0) is 25.5. The highest BCUT2D eigenvalue weighted by molar-refractivity contribution is 5.69. The first kappa shape index (κ1) is 34.2. The Hall–Kier alpha value is -0.790. The van der Waals surface area contributed by atoms with E-state index in [1.165, 1.54) is 148 Å². The predicted molar refractivity (Wildman–Crippen MR) is 156 cm³/mol. The van der Waals surface area contributed by atoms with Crippen molar-refractivity contribution < 1.29 is 9.53 Å². The molecule has 0 aromatic carbocycles. The quantitative estimate of drug-likeness (QED) is 0.0589. The van der Waals surface area contributed by atoms with Crippen molar-refractivity contribution in [2.75, 3.05) is 6.61 Å². The third-order valence-corrected chi connectivity index (χ3v) is 7.15. The van der Waals surface area contributed by atoms with Crippen LogP contribution in [0.3, 0.4) is 0 Å². The lowest BCUT2D eigenvalue weighted by atomic mass is 10.0. The van der Waals surface area contributed by atoms with Gasteiger partial charge in [0.05, 0.1) is 6.61 Å². The summed E-state index contributed by atoms with van der Waals surface area (Å²) in [5, 5.41) is 0. The highest BCUT2D eigenvalue weighted by atomic mass is 16.5. The molecule has 2 nitrogen and oxygen atoms in total. The fourth-order valence-electron chi connectivity index (χ4n) is 4.72. The minimum absolute atomic E-state index is 0.0152. The minimum atomic E-state index is 0.0152. The van der Waals surface area contributed by atoms with Gasteiger partial charge in [-0.3, -0.25) is 4.79 Å². The lowest BCUT2D eigenvalue weighted by Crippen LogP contribution is -2.05. The van der Waals surface area contributed by atoms with Crippen LogP contribution in [0.4, 0.5) is 0 Å². The molecule has 0 amide bonds. The van der Waals surface area contributed by atoms with Crippen molar-refractivity contribution in [2.45, 2.75) is 187 Å². The molecular formula is C33H64O2. The monoisotopic (exact) mass is 492 g/mol. The van der Waals surface area contributed by atoms with Crippen molar-refractivity contribution in [3.8, 4) is 0 Å². The van der Waals surface area contributed by atoms with Crippen molar-refractivity contribution in [1.29, 1.82) is 0 Å². The highest BCUT2D eigenvalue weighted by Crippen LogP contribution is 2.14. The molecule has 35 heavy (non-hydrogen) atoms. The first-order chi connectivity index (χ1) is 17.3. The molecule has 0 aliphatic heterocycles. The van der Waals surface area contributed by atoms with Crippen LogP contribution in [0.1, 0.15) is 187 Å². The van der Waals surface area contributed by atoms with Crippen molar-refractivity contribution >= 4 is 5.97 Å². The second-order valence-electron chi connectivity index (χ2n) is 10.8. The summed E-state index contributed by atoms with van der Waals surface area (Å²) >= 11 is 0. The number of hydrogen-bond acceptors (Lipinski definition) is 2. The third kappa shape index (κ3) is 31.2. The number of unbranched alkanes of at least 4 members (excludes halogenated alkanes) is 23. The normalized spacial score (nSPS) is 11.5. The van der Waals surface area contributed by atoms with E-state index in [1.54, 1.807) is 0 Å². The Morgan fingerprint density at radius 2 is 0.800 bits per heavy atom. The van der Waals surface area contributed by atoms with Gasteiger partial charge < -0.3 is 4.74 Å². The number of carbonyl (C=O) groups excluding carboxylic acids is 1. The van der Waals surface area contributed by atoms with Crippen molar-refractivity contribution in [3.05, 3.63) is 12.2 Å². The molecule has 0 bridgehead atoms. The van der Waals surface area contributed by atoms with Crippen LogP contribution < -0.4 is 0 Å². The van der Waals surface area contributed by atoms with E-state index in [9.17, 15) is 4.79 Å². The second kappa shape index (κ2) is 31.2. The van der Waals surface area contributed by atoms with Crippen LogP contribution in [-0.4, -0.2) is 12.6 Å². The first-order valence-corrected chi connectivity index (χ1v) is 16.1. The Kier molecular flexibility index (Phi) is 30.5. The van der Waals surface area contributed by atoms with E-state index in [-0.39, 0.29) is 5.97 Å². The summed E-state index contributed by atoms with van der Waals surface area (Å²) in [4.78, 5) is 11.9. The molecule has 2 heteroatoms. The average molecular weight is 493 g/mol. The van der Waals surface area contributed by atoms with E-state index in [1.807, 2.05) is 0 Å².